The molecule has 6 heteroatoms. The fourth-order valence-corrected chi connectivity index (χ4v) is 3.30. The first-order chi connectivity index (χ1) is 11.6. The van der Waals surface area contributed by atoms with E-state index in [1.807, 2.05) is 18.2 Å². The van der Waals surface area contributed by atoms with Crippen molar-refractivity contribution in [2.24, 2.45) is 7.05 Å². The van der Waals surface area contributed by atoms with Gasteiger partial charge >= 0.3 is 5.76 Å². The topological polar surface area (TPSA) is 77.4 Å². The predicted molar refractivity (Wildman–Crippen MR) is 89.2 cm³/mol. The smallest absolute Gasteiger partial charge is 0.419 e. The molecular formula is C18H18N2O4. The van der Waals surface area contributed by atoms with E-state index in [-0.39, 0.29) is 11.8 Å². The molecule has 0 fully saturated rings. The molecule has 1 atom stereocenters. The van der Waals surface area contributed by atoms with Crippen LogP contribution in [0, 0.1) is 0 Å². The highest BCUT2D eigenvalue weighted by molar-refractivity contribution is 5.97. The Morgan fingerprint density at radius 3 is 2.88 bits per heavy atom. The van der Waals surface area contributed by atoms with Crippen LogP contribution in [-0.4, -0.2) is 10.5 Å². The number of aryl methyl sites for hydroxylation is 2. The highest BCUT2D eigenvalue weighted by Crippen LogP contribution is 2.39. The summed E-state index contributed by atoms with van der Waals surface area (Å²) in [6, 6.07) is 7.52. The fraction of sp³-hybridized carbons (Fsp3) is 0.333. The number of aromatic nitrogens is 1. The third-order valence-corrected chi connectivity index (χ3v) is 4.52. The maximum Gasteiger partial charge on any atom is 0.419 e. The number of amides is 1. The number of nitrogens with zero attached hydrogens (tertiary/aromatic N) is 1. The number of furan rings is 1. The van der Waals surface area contributed by atoms with Gasteiger partial charge in [0, 0.05) is 25.6 Å². The molecule has 124 valence electrons. The maximum atomic E-state index is 12.1. The number of carbonyl (C=O) groups is 1. The number of benzene rings is 1. The highest BCUT2D eigenvalue weighted by atomic mass is 16.4. The summed E-state index contributed by atoms with van der Waals surface area (Å²) in [6.45, 7) is 2.10. The van der Waals surface area contributed by atoms with E-state index in [1.165, 1.54) is 4.57 Å². The van der Waals surface area contributed by atoms with Crippen molar-refractivity contribution < 1.29 is 13.6 Å². The predicted octanol–water partition coefficient (Wildman–Crippen LogP) is 3.15. The van der Waals surface area contributed by atoms with Gasteiger partial charge in [0.1, 0.15) is 11.5 Å². The van der Waals surface area contributed by atoms with Crippen molar-refractivity contribution in [2.45, 2.75) is 32.1 Å². The summed E-state index contributed by atoms with van der Waals surface area (Å²) < 4.78 is 12.6. The van der Waals surface area contributed by atoms with E-state index in [9.17, 15) is 9.59 Å². The van der Waals surface area contributed by atoms with E-state index < -0.39 is 5.76 Å². The van der Waals surface area contributed by atoms with Crippen LogP contribution in [0.25, 0.3) is 11.1 Å². The van der Waals surface area contributed by atoms with Gasteiger partial charge in [0.15, 0.2) is 5.58 Å². The standard InChI is InChI=1S/C18H18N2O4/c1-3-4-10-5-6-15(23-10)12-8-17(21)19-13-9-14-16(7-11(12)13)24-18(22)20(14)2/h5-7,9,12H,3-4,8H2,1-2H3,(H,19,21). The second-order valence-electron chi connectivity index (χ2n) is 6.19. The van der Waals surface area contributed by atoms with Crippen LogP contribution < -0.4 is 11.1 Å². The Bertz CT molecular complexity index is 992. The van der Waals surface area contributed by atoms with Gasteiger partial charge in [-0.3, -0.25) is 9.36 Å². The summed E-state index contributed by atoms with van der Waals surface area (Å²) in [4.78, 5) is 23.9. The average molecular weight is 326 g/mol. The molecule has 1 aromatic carbocycles. The van der Waals surface area contributed by atoms with Gasteiger partial charge in [0.05, 0.1) is 11.4 Å². The number of hydrogen-bond acceptors (Lipinski definition) is 4. The summed E-state index contributed by atoms with van der Waals surface area (Å²) in [7, 11) is 1.65. The van der Waals surface area contributed by atoms with Crippen molar-refractivity contribution in [1.29, 1.82) is 0 Å². The second-order valence-corrected chi connectivity index (χ2v) is 6.19. The molecule has 3 aromatic rings. The molecule has 1 aliphatic rings. The zero-order valence-corrected chi connectivity index (χ0v) is 13.6. The Morgan fingerprint density at radius 2 is 2.08 bits per heavy atom. The summed E-state index contributed by atoms with van der Waals surface area (Å²) in [6.07, 6.45) is 2.19. The third-order valence-electron chi connectivity index (χ3n) is 4.52. The van der Waals surface area contributed by atoms with E-state index >= 15 is 0 Å². The Labute approximate surface area is 138 Å². The summed E-state index contributed by atoms with van der Waals surface area (Å²) in [5.74, 6) is 1.04. The van der Waals surface area contributed by atoms with Gasteiger partial charge in [0.25, 0.3) is 0 Å². The maximum absolute atomic E-state index is 12.1. The molecule has 3 heterocycles. The van der Waals surface area contributed by atoms with Crippen molar-refractivity contribution >= 4 is 22.7 Å². The van der Waals surface area contributed by atoms with E-state index in [2.05, 4.69) is 12.2 Å². The lowest BCUT2D eigenvalue weighted by Crippen LogP contribution is -2.23. The zero-order chi connectivity index (χ0) is 16.8. The van der Waals surface area contributed by atoms with Crippen LogP contribution >= 0.6 is 0 Å². The summed E-state index contributed by atoms with van der Waals surface area (Å²) in [5.41, 5.74) is 2.79. The Morgan fingerprint density at radius 1 is 1.25 bits per heavy atom. The van der Waals surface area contributed by atoms with Crippen molar-refractivity contribution in [1.82, 2.24) is 4.57 Å². The lowest BCUT2D eigenvalue weighted by molar-refractivity contribution is -0.116. The second kappa shape index (κ2) is 5.40. The number of hydrogen-bond donors (Lipinski definition) is 1. The highest BCUT2D eigenvalue weighted by Gasteiger charge is 2.30. The molecule has 6 nitrogen and oxygen atoms in total. The van der Waals surface area contributed by atoms with Gasteiger partial charge in [0.2, 0.25) is 5.91 Å². The molecule has 0 saturated heterocycles. The van der Waals surface area contributed by atoms with E-state index in [1.54, 1.807) is 13.1 Å². The fourth-order valence-electron chi connectivity index (χ4n) is 3.30. The van der Waals surface area contributed by atoms with Crippen LogP contribution in [0.15, 0.2) is 37.9 Å². The minimum Gasteiger partial charge on any atom is -0.465 e. The molecule has 0 radical (unpaired) electrons. The first-order valence-corrected chi connectivity index (χ1v) is 8.08. The lowest BCUT2D eigenvalue weighted by atomic mass is 9.88. The van der Waals surface area contributed by atoms with Crippen LogP contribution in [0.1, 0.15) is 42.8 Å². The van der Waals surface area contributed by atoms with Crippen LogP contribution in [0.4, 0.5) is 5.69 Å². The number of nitrogens with one attached hydrogen (secondary N) is 1. The van der Waals surface area contributed by atoms with Crippen molar-refractivity contribution in [2.75, 3.05) is 5.32 Å². The van der Waals surface area contributed by atoms with Crippen molar-refractivity contribution in [3.8, 4) is 0 Å². The van der Waals surface area contributed by atoms with E-state index in [4.69, 9.17) is 8.83 Å². The number of fused-ring (bicyclic) bond motifs is 2. The van der Waals surface area contributed by atoms with Gasteiger partial charge in [-0.05, 0) is 36.2 Å². The quantitative estimate of drug-likeness (QED) is 0.802. The molecule has 1 aliphatic heterocycles. The molecule has 1 amide bonds. The number of oxazole rings is 1. The van der Waals surface area contributed by atoms with Crippen molar-refractivity contribution in [3.63, 3.8) is 0 Å². The summed E-state index contributed by atoms with van der Waals surface area (Å²) in [5, 5.41) is 2.88. The number of carbonyl (C=O) groups excluding carboxylic acids is 1. The van der Waals surface area contributed by atoms with Gasteiger partial charge in [-0.15, -0.1) is 0 Å². The zero-order valence-electron chi connectivity index (χ0n) is 13.6. The van der Waals surface area contributed by atoms with Crippen molar-refractivity contribution in [3.05, 3.63) is 51.9 Å². The normalized spacial score (nSPS) is 17.1. The Hall–Kier alpha value is -2.76. The Kier molecular flexibility index (Phi) is 3.33. The van der Waals surface area contributed by atoms with Gasteiger partial charge < -0.3 is 14.2 Å². The molecule has 1 N–H and O–H groups in total. The molecule has 1 unspecified atom stereocenters. The van der Waals surface area contributed by atoms with Gasteiger partial charge in [-0.1, -0.05) is 6.92 Å². The third kappa shape index (κ3) is 2.26. The molecule has 2 aromatic heterocycles. The minimum atomic E-state index is -0.418. The first-order valence-electron chi connectivity index (χ1n) is 8.08. The number of anilines is 1. The van der Waals surface area contributed by atoms with Crippen LogP contribution in [0.3, 0.4) is 0 Å². The molecule has 0 saturated carbocycles. The monoisotopic (exact) mass is 326 g/mol. The molecule has 0 aliphatic carbocycles. The molecular weight excluding hydrogens is 308 g/mol. The number of rotatable bonds is 3. The lowest BCUT2D eigenvalue weighted by Gasteiger charge is -2.24. The minimum absolute atomic E-state index is 0.0613. The van der Waals surface area contributed by atoms with Crippen LogP contribution in [0.2, 0.25) is 0 Å². The van der Waals surface area contributed by atoms with Crippen LogP contribution in [-0.2, 0) is 18.3 Å². The molecule has 24 heavy (non-hydrogen) atoms. The SMILES string of the molecule is CCCc1ccc(C2CC(=O)Nc3cc4c(cc32)oc(=O)n4C)o1. The van der Waals surface area contributed by atoms with E-state index in [0.717, 1.165) is 29.9 Å². The molecule has 4 rings (SSSR count). The molecule has 0 bridgehead atoms. The summed E-state index contributed by atoms with van der Waals surface area (Å²) >= 11 is 0. The largest absolute Gasteiger partial charge is 0.465 e. The Balaban J connectivity index is 1.85. The average Bonchev–Trinajstić information content (AvgIpc) is 3.11. The first kappa shape index (κ1) is 14.8. The van der Waals surface area contributed by atoms with Crippen LogP contribution in [0.5, 0.6) is 0 Å². The van der Waals surface area contributed by atoms with Gasteiger partial charge in [-0.25, -0.2) is 4.79 Å². The molecule has 0 spiro atoms. The van der Waals surface area contributed by atoms with Gasteiger partial charge in [-0.2, -0.15) is 0 Å². The van der Waals surface area contributed by atoms with E-state index in [0.29, 0.717) is 23.2 Å².